The lowest BCUT2D eigenvalue weighted by Gasteiger charge is -2.03. The van der Waals surface area contributed by atoms with Crippen LogP contribution < -0.4 is 0 Å². The second-order valence-electron chi connectivity index (χ2n) is 4.29. The Morgan fingerprint density at radius 3 is 2.00 bits per heavy atom. The maximum Gasteiger partial charge on any atom is 0.207 e. The van der Waals surface area contributed by atoms with E-state index in [9.17, 15) is 10.1 Å². The van der Waals surface area contributed by atoms with Crippen molar-refractivity contribution in [1.29, 1.82) is 0 Å². The number of rotatable bonds is 5. The van der Waals surface area contributed by atoms with E-state index in [0.29, 0.717) is 6.42 Å². The lowest BCUT2D eigenvalue weighted by atomic mass is 10.0. The van der Waals surface area contributed by atoms with Crippen molar-refractivity contribution < 1.29 is 4.92 Å². The minimum atomic E-state index is -0.280. The quantitative estimate of drug-likeness (QED) is 0.596. The molecule has 0 fully saturated rings. The third-order valence-electron chi connectivity index (χ3n) is 2.86. The van der Waals surface area contributed by atoms with Crippen molar-refractivity contribution >= 4 is 0 Å². The summed E-state index contributed by atoms with van der Waals surface area (Å²) in [6.07, 6.45) is 1.40. The highest BCUT2D eigenvalue weighted by Gasteiger charge is 2.00. The molecule has 2 aromatic carbocycles. The Bertz CT molecular complexity index is 506. The molecule has 0 aliphatic heterocycles. The maximum absolute atomic E-state index is 10.3. The van der Waals surface area contributed by atoms with Gasteiger partial charge in [0.15, 0.2) is 0 Å². The molecule has 18 heavy (non-hydrogen) atoms. The van der Waals surface area contributed by atoms with Gasteiger partial charge in [-0.2, -0.15) is 0 Å². The van der Waals surface area contributed by atoms with Crippen molar-refractivity contribution in [2.45, 2.75) is 12.8 Å². The molecule has 0 heterocycles. The normalized spacial score (nSPS) is 10.2. The highest BCUT2D eigenvalue weighted by molar-refractivity contribution is 5.28. The summed E-state index contributed by atoms with van der Waals surface area (Å²) in [7, 11) is 0. The molecule has 0 unspecified atom stereocenters. The van der Waals surface area contributed by atoms with Crippen LogP contribution in [-0.2, 0) is 12.8 Å². The predicted octanol–water partition coefficient (Wildman–Crippen LogP) is 3.10. The monoisotopic (exact) mass is 241 g/mol. The van der Waals surface area contributed by atoms with Crippen molar-refractivity contribution in [3.63, 3.8) is 0 Å². The van der Waals surface area contributed by atoms with Gasteiger partial charge in [0.2, 0.25) is 6.54 Å². The highest BCUT2D eigenvalue weighted by atomic mass is 16.6. The van der Waals surface area contributed by atoms with E-state index in [1.54, 1.807) is 0 Å². The number of hydrogen-bond donors (Lipinski definition) is 0. The van der Waals surface area contributed by atoms with Crippen LogP contribution in [0.3, 0.4) is 0 Å². The molecule has 2 rings (SSSR count). The summed E-state index contributed by atoms with van der Waals surface area (Å²) in [5.74, 6) is 0. The standard InChI is InChI=1S/C15H15NO2/c17-16(18)11-10-13-6-8-15(9-7-13)12-14-4-2-1-3-5-14/h1-9H,10-12H2. The van der Waals surface area contributed by atoms with Crippen LogP contribution in [0.5, 0.6) is 0 Å². The van der Waals surface area contributed by atoms with Gasteiger partial charge in [0.05, 0.1) is 0 Å². The lowest BCUT2D eigenvalue weighted by Crippen LogP contribution is -2.03. The molecule has 2 aromatic rings. The fourth-order valence-electron chi connectivity index (χ4n) is 1.88. The van der Waals surface area contributed by atoms with Gasteiger partial charge in [0.1, 0.15) is 0 Å². The Balaban J connectivity index is 1.97. The molecule has 0 bridgehead atoms. The van der Waals surface area contributed by atoms with E-state index in [-0.39, 0.29) is 11.5 Å². The van der Waals surface area contributed by atoms with Crippen LogP contribution >= 0.6 is 0 Å². The minimum absolute atomic E-state index is 0.00195. The first kappa shape index (κ1) is 12.3. The topological polar surface area (TPSA) is 43.1 Å². The zero-order valence-electron chi connectivity index (χ0n) is 10.1. The van der Waals surface area contributed by atoms with Crippen LogP contribution in [0.25, 0.3) is 0 Å². The van der Waals surface area contributed by atoms with Crippen LogP contribution in [-0.4, -0.2) is 11.5 Å². The molecule has 0 saturated carbocycles. The van der Waals surface area contributed by atoms with E-state index in [2.05, 4.69) is 12.1 Å². The fraction of sp³-hybridized carbons (Fsp3) is 0.200. The lowest BCUT2D eigenvalue weighted by molar-refractivity contribution is -0.479. The summed E-state index contributed by atoms with van der Waals surface area (Å²) >= 11 is 0. The van der Waals surface area contributed by atoms with Gasteiger partial charge in [-0.05, 0) is 23.1 Å². The number of benzene rings is 2. The summed E-state index contributed by atoms with van der Waals surface area (Å²) < 4.78 is 0. The zero-order valence-corrected chi connectivity index (χ0v) is 10.1. The Kier molecular flexibility index (Phi) is 4.07. The Morgan fingerprint density at radius 1 is 0.833 bits per heavy atom. The molecular formula is C15H15NO2. The molecule has 3 heteroatoms. The Morgan fingerprint density at radius 2 is 1.39 bits per heavy atom. The van der Waals surface area contributed by atoms with Gasteiger partial charge in [0, 0.05) is 11.3 Å². The third-order valence-corrected chi connectivity index (χ3v) is 2.86. The summed E-state index contributed by atoms with van der Waals surface area (Å²) in [5, 5.41) is 10.3. The van der Waals surface area contributed by atoms with Gasteiger partial charge < -0.3 is 0 Å². The van der Waals surface area contributed by atoms with E-state index in [0.717, 1.165) is 12.0 Å². The second kappa shape index (κ2) is 5.96. The molecule has 0 N–H and O–H groups in total. The SMILES string of the molecule is O=[N+]([O-])CCc1ccc(Cc2ccccc2)cc1. The van der Waals surface area contributed by atoms with E-state index >= 15 is 0 Å². The number of hydrogen-bond acceptors (Lipinski definition) is 2. The van der Waals surface area contributed by atoms with Gasteiger partial charge in [-0.1, -0.05) is 54.6 Å². The largest absolute Gasteiger partial charge is 0.265 e. The van der Waals surface area contributed by atoms with Crippen molar-refractivity contribution in [3.8, 4) is 0 Å². The predicted molar refractivity (Wildman–Crippen MR) is 71.3 cm³/mol. The minimum Gasteiger partial charge on any atom is -0.265 e. The Hall–Kier alpha value is -2.16. The van der Waals surface area contributed by atoms with Gasteiger partial charge in [-0.25, -0.2) is 0 Å². The molecule has 0 spiro atoms. The first-order valence-corrected chi connectivity index (χ1v) is 5.97. The maximum atomic E-state index is 10.3. The van der Waals surface area contributed by atoms with Gasteiger partial charge in [-0.15, -0.1) is 0 Å². The molecule has 0 aromatic heterocycles. The zero-order chi connectivity index (χ0) is 12.8. The van der Waals surface area contributed by atoms with Crippen LogP contribution in [0, 0.1) is 10.1 Å². The molecule has 0 radical (unpaired) electrons. The van der Waals surface area contributed by atoms with Crippen LogP contribution in [0.4, 0.5) is 0 Å². The molecule has 0 amide bonds. The molecule has 0 saturated heterocycles. The first-order chi connectivity index (χ1) is 8.74. The van der Waals surface area contributed by atoms with E-state index in [1.807, 2.05) is 42.5 Å². The Labute approximate surface area is 106 Å². The van der Waals surface area contributed by atoms with Gasteiger partial charge in [-0.3, -0.25) is 10.1 Å². The third kappa shape index (κ3) is 3.70. The van der Waals surface area contributed by atoms with Crippen molar-refractivity contribution in [3.05, 3.63) is 81.4 Å². The number of nitro groups is 1. The summed E-state index contributed by atoms with van der Waals surface area (Å²) in [5.41, 5.74) is 3.52. The van der Waals surface area contributed by atoms with Crippen molar-refractivity contribution in [2.24, 2.45) is 0 Å². The van der Waals surface area contributed by atoms with Crippen LogP contribution in [0.1, 0.15) is 16.7 Å². The molecular weight excluding hydrogens is 226 g/mol. The average Bonchev–Trinajstić information content (AvgIpc) is 2.39. The fourth-order valence-corrected chi connectivity index (χ4v) is 1.88. The van der Waals surface area contributed by atoms with E-state index in [1.165, 1.54) is 11.1 Å². The number of nitrogens with zero attached hydrogens (tertiary/aromatic N) is 1. The summed E-state index contributed by atoms with van der Waals surface area (Å²) in [6, 6.07) is 18.3. The summed E-state index contributed by atoms with van der Waals surface area (Å²) in [4.78, 5) is 10.0. The first-order valence-electron chi connectivity index (χ1n) is 5.97. The molecule has 0 aliphatic rings. The molecule has 0 aliphatic carbocycles. The molecule has 92 valence electrons. The van der Waals surface area contributed by atoms with E-state index in [4.69, 9.17) is 0 Å². The van der Waals surface area contributed by atoms with Crippen LogP contribution in [0.2, 0.25) is 0 Å². The molecule has 0 atom stereocenters. The summed E-state index contributed by atoms with van der Waals surface area (Å²) in [6.45, 7) is -0.00195. The van der Waals surface area contributed by atoms with Gasteiger partial charge >= 0.3 is 0 Å². The highest BCUT2D eigenvalue weighted by Crippen LogP contribution is 2.11. The smallest absolute Gasteiger partial charge is 0.207 e. The van der Waals surface area contributed by atoms with Crippen molar-refractivity contribution in [2.75, 3.05) is 6.54 Å². The van der Waals surface area contributed by atoms with Gasteiger partial charge in [0.25, 0.3) is 0 Å². The second-order valence-corrected chi connectivity index (χ2v) is 4.29. The van der Waals surface area contributed by atoms with Crippen LogP contribution in [0.15, 0.2) is 54.6 Å². The average molecular weight is 241 g/mol. The van der Waals surface area contributed by atoms with E-state index < -0.39 is 0 Å². The molecule has 3 nitrogen and oxygen atoms in total. The van der Waals surface area contributed by atoms with Crippen molar-refractivity contribution in [1.82, 2.24) is 0 Å².